The summed E-state index contributed by atoms with van der Waals surface area (Å²) in [5.41, 5.74) is -0.0624. The molecule has 0 aromatic carbocycles. The Labute approximate surface area is 170 Å². The molecular weight excluding hydrogens is 370 g/mol. The SMILES string of the molecule is O=C1CCN(CCN2CCC(Cn3nc(-n4cccn4)ccc3=O)CC2)CCN1. The Kier molecular flexibility index (Phi) is 6.36. The fourth-order valence-corrected chi connectivity index (χ4v) is 4.05. The number of carbonyl (C=O) groups excluding carboxylic acids is 1. The standard InChI is InChI=1S/C20H29N7O2/c28-19-6-12-25(13-8-21-19)15-14-24-10-4-17(5-11-24)16-27-20(29)3-2-18(23-27)26-9-1-7-22-26/h1-3,7,9,17H,4-6,8,10-16H2,(H,21,28). The lowest BCUT2D eigenvalue weighted by atomic mass is 9.97. The zero-order chi connectivity index (χ0) is 20.1. The van der Waals surface area contributed by atoms with Crippen molar-refractivity contribution in [1.82, 2.24) is 34.7 Å². The lowest BCUT2D eigenvalue weighted by molar-refractivity contribution is -0.120. The molecule has 2 fully saturated rings. The average Bonchev–Trinajstić information content (AvgIpc) is 3.19. The Morgan fingerprint density at radius 1 is 1.03 bits per heavy atom. The Morgan fingerprint density at radius 3 is 2.59 bits per heavy atom. The molecule has 0 spiro atoms. The van der Waals surface area contributed by atoms with Gasteiger partial charge in [-0.25, -0.2) is 9.36 Å². The minimum absolute atomic E-state index is 0.0624. The Balaban J connectivity index is 1.25. The van der Waals surface area contributed by atoms with Crippen molar-refractivity contribution in [3.05, 3.63) is 40.9 Å². The van der Waals surface area contributed by atoms with E-state index in [1.165, 1.54) is 0 Å². The fraction of sp³-hybridized carbons (Fsp3) is 0.600. The first kappa shape index (κ1) is 19.8. The Hall–Kier alpha value is -2.52. The third kappa shape index (κ3) is 5.30. The molecule has 29 heavy (non-hydrogen) atoms. The van der Waals surface area contributed by atoms with Crippen LogP contribution in [0.15, 0.2) is 35.4 Å². The molecular formula is C20H29N7O2. The van der Waals surface area contributed by atoms with Crippen LogP contribution < -0.4 is 10.9 Å². The Morgan fingerprint density at radius 2 is 1.83 bits per heavy atom. The summed E-state index contributed by atoms with van der Waals surface area (Å²) in [4.78, 5) is 28.5. The number of hydrogen-bond donors (Lipinski definition) is 1. The third-order valence-electron chi connectivity index (χ3n) is 5.87. The maximum Gasteiger partial charge on any atom is 0.266 e. The number of rotatable bonds is 6. The van der Waals surface area contributed by atoms with Gasteiger partial charge in [0.2, 0.25) is 5.91 Å². The van der Waals surface area contributed by atoms with Gasteiger partial charge in [-0.2, -0.15) is 5.10 Å². The highest BCUT2D eigenvalue weighted by Crippen LogP contribution is 2.18. The van der Waals surface area contributed by atoms with Crippen LogP contribution in [0.1, 0.15) is 19.3 Å². The molecule has 4 heterocycles. The summed E-state index contributed by atoms with van der Waals surface area (Å²) in [6.45, 7) is 7.32. The number of carbonyl (C=O) groups is 1. The second kappa shape index (κ2) is 9.32. The molecule has 0 saturated carbocycles. The van der Waals surface area contributed by atoms with E-state index in [4.69, 9.17) is 0 Å². The van der Waals surface area contributed by atoms with Gasteiger partial charge in [0.15, 0.2) is 5.82 Å². The normalized spacial score (nSPS) is 19.8. The summed E-state index contributed by atoms with van der Waals surface area (Å²) in [6.07, 6.45) is 6.26. The molecule has 2 aromatic heterocycles. The summed E-state index contributed by atoms with van der Waals surface area (Å²) < 4.78 is 3.25. The van der Waals surface area contributed by atoms with E-state index in [9.17, 15) is 9.59 Å². The number of nitrogens with one attached hydrogen (secondary N) is 1. The van der Waals surface area contributed by atoms with E-state index in [0.717, 1.165) is 58.7 Å². The number of piperidine rings is 1. The van der Waals surface area contributed by atoms with Gasteiger partial charge in [0, 0.05) is 64.1 Å². The molecule has 0 atom stereocenters. The highest BCUT2D eigenvalue weighted by atomic mass is 16.1. The fourth-order valence-electron chi connectivity index (χ4n) is 4.05. The molecule has 0 radical (unpaired) electrons. The van der Waals surface area contributed by atoms with Crippen LogP contribution >= 0.6 is 0 Å². The molecule has 0 bridgehead atoms. The van der Waals surface area contributed by atoms with Crippen LogP contribution in [-0.2, 0) is 11.3 Å². The molecule has 2 saturated heterocycles. The van der Waals surface area contributed by atoms with E-state index in [1.54, 1.807) is 27.7 Å². The monoisotopic (exact) mass is 399 g/mol. The summed E-state index contributed by atoms with van der Waals surface area (Å²) in [5, 5.41) is 11.6. The predicted molar refractivity (Wildman–Crippen MR) is 109 cm³/mol. The van der Waals surface area contributed by atoms with Gasteiger partial charge in [-0.15, -0.1) is 5.10 Å². The van der Waals surface area contributed by atoms with Crippen LogP contribution in [0.2, 0.25) is 0 Å². The number of amides is 1. The van der Waals surface area contributed by atoms with Gasteiger partial charge in [-0.1, -0.05) is 0 Å². The van der Waals surface area contributed by atoms with E-state index in [2.05, 4.69) is 25.3 Å². The topological polar surface area (TPSA) is 88.3 Å². The van der Waals surface area contributed by atoms with Gasteiger partial charge >= 0.3 is 0 Å². The average molecular weight is 399 g/mol. The van der Waals surface area contributed by atoms with Gasteiger partial charge in [-0.3, -0.25) is 14.5 Å². The zero-order valence-electron chi connectivity index (χ0n) is 16.7. The molecule has 4 rings (SSSR count). The molecule has 9 nitrogen and oxygen atoms in total. The number of likely N-dealkylation sites (tertiary alicyclic amines) is 1. The minimum atomic E-state index is -0.0624. The minimum Gasteiger partial charge on any atom is -0.355 e. The van der Waals surface area contributed by atoms with Crippen molar-refractivity contribution in [1.29, 1.82) is 0 Å². The molecule has 1 amide bonds. The van der Waals surface area contributed by atoms with Gasteiger partial charge < -0.3 is 10.2 Å². The van der Waals surface area contributed by atoms with E-state index >= 15 is 0 Å². The van der Waals surface area contributed by atoms with E-state index in [-0.39, 0.29) is 11.5 Å². The van der Waals surface area contributed by atoms with Crippen molar-refractivity contribution in [3.63, 3.8) is 0 Å². The second-order valence-corrected chi connectivity index (χ2v) is 7.89. The maximum absolute atomic E-state index is 12.2. The van der Waals surface area contributed by atoms with E-state index < -0.39 is 0 Å². The summed E-state index contributed by atoms with van der Waals surface area (Å²) >= 11 is 0. The van der Waals surface area contributed by atoms with Gasteiger partial charge in [-0.05, 0) is 44.0 Å². The molecule has 2 aromatic rings. The first-order chi connectivity index (χ1) is 14.2. The lowest BCUT2D eigenvalue weighted by Gasteiger charge is -2.33. The number of aromatic nitrogens is 4. The maximum atomic E-state index is 12.2. The van der Waals surface area contributed by atoms with Crippen LogP contribution in [0.4, 0.5) is 0 Å². The first-order valence-corrected chi connectivity index (χ1v) is 10.5. The quantitative estimate of drug-likeness (QED) is 0.734. The highest BCUT2D eigenvalue weighted by Gasteiger charge is 2.21. The van der Waals surface area contributed by atoms with Crippen LogP contribution in [0, 0.1) is 5.92 Å². The summed E-state index contributed by atoms with van der Waals surface area (Å²) in [6, 6.07) is 5.12. The van der Waals surface area contributed by atoms with Crippen molar-refractivity contribution in [3.8, 4) is 5.82 Å². The van der Waals surface area contributed by atoms with Gasteiger partial charge in [0.05, 0.1) is 0 Å². The molecule has 156 valence electrons. The van der Waals surface area contributed by atoms with Crippen LogP contribution in [0.3, 0.4) is 0 Å². The highest BCUT2D eigenvalue weighted by molar-refractivity contribution is 5.76. The second-order valence-electron chi connectivity index (χ2n) is 7.89. The zero-order valence-corrected chi connectivity index (χ0v) is 16.7. The van der Waals surface area contributed by atoms with Crippen molar-refractivity contribution < 1.29 is 4.79 Å². The summed E-state index contributed by atoms with van der Waals surface area (Å²) in [5.74, 6) is 1.29. The molecule has 0 aliphatic carbocycles. The third-order valence-corrected chi connectivity index (χ3v) is 5.87. The van der Waals surface area contributed by atoms with E-state index in [0.29, 0.717) is 24.7 Å². The van der Waals surface area contributed by atoms with Crippen molar-refractivity contribution in [2.45, 2.75) is 25.8 Å². The van der Waals surface area contributed by atoms with Crippen LogP contribution in [-0.4, -0.2) is 81.1 Å². The molecule has 1 N–H and O–H groups in total. The smallest absolute Gasteiger partial charge is 0.266 e. The van der Waals surface area contributed by atoms with Crippen LogP contribution in [0.25, 0.3) is 5.82 Å². The number of hydrogen-bond acceptors (Lipinski definition) is 6. The first-order valence-electron chi connectivity index (χ1n) is 10.5. The molecule has 2 aliphatic heterocycles. The van der Waals surface area contributed by atoms with E-state index in [1.807, 2.05) is 12.3 Å². The lowest BCUT2D eigenvalue weighted by Crippen LogP contribution is -2.41. The predicted octanol–water partition coefficient (Wildman–Crippen LogP) is -0.0371. The largest absolute Gasteiger partial charge is 0.355 e. The molecule has 9 heteroatoms. The number of nitrogens with zero attached hydrogens (tertiary/aromatic N) is 6. The molecule has 2 aliphatic rings. The van der Waals surface area contributed by atoms with Crippen molar-refractivity contribution in [2.24, 2.45) is 5.92 Å². The summed E-state index contributed by atoms with van der Waals surface area (Å²) in [7, 11) is 0. The van der Waals surface area contributed by atoms with Crippen molar-refractivity contribution >= 4 is 5.91 Å². The van der Waals surface area contributed by atoms with Gasteiger partial charge in [0.25, 0.3) is 5.56 Å². The van der Waals surface area contributed by atoms with Gasteiger partial charge in [0.1, 0.15) is 0 Å². The Bertz CT molecular complexity index is 856. The molecule has 0 unspecified atom stereocenters. The van der Waals surface area contributed by atoms with Crippen molar-refractivity contribution in [2.75, 3.05) is 45.8 Å². The van der Waals surface area contributed by atoms with Crippen LogP contribution in [0.5, 0.6) is 0 Å².